The predicted octanol–water partition coefficient (Wildman–Crippen LogP) is 3.29. The third kappa shape index (κ3) is 3.78. The Morgan fingerprint density at radius 1 is 1.21 bits per heavy atom. The Labute approximate surface area is 113 Å². The summed E-state index contributed by atoms with van der Waals surface area (Å²) in [6.45, 7) is 4.41. The highest BCUT2D eigenvalue weighted by Crippen LogP contribution is 2.16. The van der Waals surface area contributed by atoms with E-state index in [4.69, 9.17) is 5.26 Å². The first-order valence-electron chi connectivity index (χ1n) is 6.25. The fraction of sp³-hybridized carbons (Fsp3) is 0.267. The summed E-state index contributed by atoms with van der Waals surface area (Å²) in [6.07, 6.45) is 2.46. The molecule has 1 aromatic heterocycles. The molecule has 0 spiro atoms. The summed E-state index contributed by atoms with van der Waals surface area (Å²) in [5.74, 6) is 1.28. The highest BCUT2D eigenvalue weighted by Gasteiger charge is 2.00. The zero-order chi connectivity index (χ0) is 13.7. The van der Waals surface area contributed by atoms with Crippen molar-refractivity contribution in [1.29, 1.82) is 5.26 Å². The third-order valence-corrected chi connectivity index (χ3v) is 2.65. The highest BCUT2D eigenvalue weighted by atomic mass is 15.0. The molecule has 4 nitrogen and oxygen atoms in total. The van der Waals surface area contributed by atoms with Crippen molar-refractivity contribution in [1.82, 2.24) is 9.97 Å². The van der Waals surface area contributed by atoms with Crippen LogP contribution in [0.3, 0.4) is 0 Å². The molecule has 0 aliphatic carbocycles. The van der Waals surface area contributed by atoms with Crippen molar-refractivity contribution in [3.05, 3.63) is 47.9 Å². The van der Waals surface area contributed by atoms with E-state index in [1.54, 1.807) is 6.07 Å². The van der Waals surface area contributed by atoms with Gasteiger partial charge in [-0.25, -0.2) is 9.97 Å². The number of rotatable bonds is 4. The fourth-order valence-electron chi connectivity index (χ4n) is 1.83. The van der Waals surface area contributed by atoms with E-state index in [2.05, 4.69) is 41.3 Å². The van der Waals surface area contributed by atoms with E-state index in [0.29, 0.717) is 17.4 Å². The van der Waals surface area contributed by atoms with E-state index in [9.17, 15) is 0 Å². The summed E-state index contributed by atoms with van der Waals surface area (Å²) in [7, 11) is 0. The molecular formula is C15H16N4. The summed E-state index contributed by atoms with van der Waals surface area (Å²) >= 11 is 0. The Hall–Kier alpha value is -2.41. The van der Waals surface area contributed by atoms with Crippen LogP contribution in [-0.4, -0.2) is 9.97 Å². The summed E-state index contributed by atoms with van der Waals surface area (Å²) in [4.78, 5) is 7.91. The minimum absolute atomic E-state index is 0.355. The first kappa shape index (κ1) is 13.0. The van der Waals surface area contributed by atoms with Gasteiger partial charge in [-0.2, -0.15) is 5.26 Å². The van der Waals surface area contributed by atoms with Gasteiger partial charge in [0, 0.05) is 11.8 Å². The standard InChI is InChI=1S/C15H16N4/c1-11(2)7-12-3-5-13(6-4-12)19-15-8-14(9-16)17-10-18-15/h3-6,8,10-11H,7H2,1-2H3,(H,17,18,19). The molecule has 0 saturated carbocycles. The molecule has 1 heterocycles. The molecule has 0 saturated heterocycles. The second kappa shape index (κ2) is 5.96. The Morgan fingerprint density at radius 3 is 2.58 bits per heavy atom. The number of nitrogens with zero attached hydrogens (tertiary/aromatic N) is 3. The lowest BCUT2D eigenvalue weighted by Crippen LogP contribution is -1.97. The maximum Gasteiger partial charge on any atom is 0.145 e. The lowest BCUT2D eigenvalue weighted by molar-refractivity contribution is 0.647. The van der Waals surface area contributed by atoms with Crippen LogP contribution < -0.4 is 5.32 Å². The lowest BCUT2D eigenvalue weighted by Gasteiger charge is -2.08. The Bertz CT molecular complexity index is 582. The topological polar surface area (TPSA) is 61.6 Å². The smallest absolute Gasteiger partial charge is 0.145 e. The van der Waals surface area contributed by atoms with E-state index in [-0.39, 0.29) is 0 Å². The van der Waals surface area contributed by atoms with Gasteiger partial charge in [0.25, 0.3) is 0 Å². The summed E-state index contributed by atoms with van der Waals surface area (Å²) in [5.41, 5.74) is 2.63. The van der Waals surface area contributed by atoms with E-state index in [1.807, 2.05) is 18.2 Å². The van der Waals surface area contributed by atoms with Crippen LogP contribution >= 0.6 is 0 Å². The molecular weight excluding hydrogens is 236 g/mol. The molecule has 0 aliphatic rings. The van der Waals surface area contributed by atoms with Crippen molar-refractivity contribution in [2.24, 2.45) is 5.92 Å². The number of hydrogen-bond acceptors (Lipinski definition) is 4. The average Bonchev–Trinajstić information content (AvgIpc) is 2.41. The van der Waals surface area contributed by atoms with Gasteiger partial charge in [-0.05, 0) is 30.0 Å². The van der Waals surface area contributed by atoms with Crippen LogP contribution in [0.1, 0.15) is 25.1 Å². The fourth-order valence-corrected chi connectivity index (χ4v) is 1.83. The second-order valence-corrected chi connectivity index (χ2v) is 4.82. The van der Waals surface area contributed by atoms with Gasteiger partial charge in [0.05, 0.1) is 0 Å². The molecule has 0 aliphatic heterocycles. The minimum atomic E-state index is 0.355. The van der Waals surface area contributed by atoms with Crippen LogP contribution in [0.5, 0.6) is 0 Å². The van der Waals surface area contributed by atoms with Gasteiger partial charge in [0.1, 0.15) is 23.9 Å². The molecule has 0 atom stereocenters. The Morgan fingerprint density at radius 2 is 1.95 bits per heavy atom. The molecule has 2 aromatic rings. The second-order valence-electron chi connectivity index (χ2n) is 4.82. The normalized spacial score (nSPS) is 10.2. The zero-order valence-electron chi connectivity index (χ0n) is 11.1. The van der Waals surface area contributed by atoms with Crippen LogP contribution in [0.25, 0.3) is 0 Å². The molecule has 1 aromatic carbocycles. The number of benzene rings is 1. The van der Waals surface area contributed by atoms with Crippen molar-refractivity contribution < 1.29 is 0 Å². The van der Waals surface area contributed by atoms with Gasteiger partial charge >= 0.3 is 0 Å². The molecule has 0 fully saturated rings. The maximum absolute atomic E-state index is 8.78. The molecule has 1 N–H and O–H groups in total. The van der Waals surface area contributed by atoms with Crippen molar-refractivity contribution >= 4 is 11.5 Å². The van der Waals surface area contributed by atoms with Crippen LogP contribution in [0, 0.1) is 17.2 Å². The summed E-state index contributed by atoms with van der Waals surface area (Å²) in [5, 5.41) is 11.9. The number of nitriles is 1. The largest absolute Gasteiger partial charge is 0.340 e. The quantitative estimate of drug-likeness (QED) is 0.907. The van der Waals surface area contributed by atoms with Gasteiger partial charge < -0.3 is 5.32 Å². The van der Waals surface area contributed by atoms with Gasteiger partial charge in [-0.1, -0.05) is 26.0 Å². The molecule has 0 bridgehead atoms. The molecule has 0 unspecified atom stereocenters. The third-order valence-electron chi connectivity index (χ3n) is 2.65. The van der Waals surface area contributed by atoms with Gasteiger partial charge in [0.15, 0.2) is 0 Å². The van der Waals surface area contributed by atoms with Crippen LogP contribution in [0.2, 0.25) is 0 Å². The first-order chi connectivity index (χ1) is 9.17. The van der Waals surface area contributed by atoms with Gasteiger partial charge in [-0.3, -0.25) is 0 Å². The maximum atomic E-state index is 8.78. The number of anilines is 2. The van der Waals surface area contributed by atoms with Gasteiger partial charge in [-0.15, -0.1) is 0 Å². The number of aromatic nitrogens is 2. The highest BCUT2D eigenvalue weighted by molar-refractivity contribution is 5.57. The van der Waals surface area contributed by atoms with Gasteiger partial charge in [0.2, 0.25) is 0 Å². The van der Waals surface area contributed by atoms with Crippen molar-refractivity contribution in [2.45, 2.75) is 20.3 Å². The summed E-state index contributed by atoms with van der Waals surface area (Å²) < 4.78 is 0. The van der Waals surface area contributed by atoms with Crippen molar-refractivity contribution in [2.75, 3.05) is 5.32 Å². The number of hydrogen-bond donors (Lipinski definition) is 1. The molecule has 0 amide bonds. The monoisotopic (exact) mass is 252 g/mol. The molecule has 19 heavy (non-hydrogen) atoms. The van der Waals surface area contributed by atoms with E-state index >= 15 is 0 Å². The van der Waals surface area contributed by atoms with Crippen LogP contribution in [0.15, 0.2) is 36.7 Å². The van der Waals surface area contributed by atoms with E-state index in [0.717, 1.165) is 12.1 Å². The Kier molecular flexibility index (Phi) is 4.09. The minimum Gasteiger partial charge on any atom is -0.340 e. The first-order valence-corrected chi connectivity index (χ1v) is 6.25. The van der Waals surface area contributed by atoms with Crippen molar-refractivity contribution in [3.63, 3.8) is 0 Å². The lowest BCUT2D eigenvalue weighted by atomic mass is 10.0. The van der Waals surface area contributed by atoms with E-state index in [1.165, 1.54) is 11.9 Å². The predicted molar refractivity (Wildman–Crippen MR) is 75.0 cm³/mol. The SMILES string of the molecule is CC(C)Cc1ccc(Nc2cc(C#N)ncn2)cc1. The zero-order valence-corrected chi connectivity index (χ0v) is 11.1. The molecule has 96 valence electrons. The van der Waals surface area contributed by atoms with Crippen LogP contribution in [-0.2, 0) is 6.42 Å². The molecule has 2 rings (SSSR count). The number of nitrogens with one attached hydrogen (secondary N) is 1. The molecule has 4 heteroatoms. The molecule has 0 radical (unpaired) electrons. The Balaban J connectivity index is 2.09. The van der Waals surface area contributed by atoms with E-state index < -0.39 is 0 Å². The van der Waals surface area contributed by atoms with Crippen LogP contribution in [0.4, 0.5) is 11.5 Å². The van der Waals surface area contributed by atoms with Crippen molar-refractivity contribution in [3.8, 4) is 6.07 Å². The average molecular weight is 252 g/mol. The summed E-state index contributed by atoms with van der Waals surface area (Å²) in [6, 6.07) is 11.9.